The largest absolute Gasteiger partial charge is 0.345 e. The van der Waals surface area contributed by atoms with Gasteiger partial charge in [-0.2, -0.15) is 0 Å². The molecule has 7 nitrogen and oxygen atoms in total. The van der Waals surface area contributed by atoms with Crippen molar-refractivity contribution in [2.24, 2.45) is 0 Å². The third-order valence-electron chi connectivity index (χ3n) is 3.95. The number of aromatic nitrogens is 2. The molecule has 1 aliphatic heterocycles. The molecule has 7 heteroatoms. The van der Waals surface area contributed by atoms with Crippen molar-refractivity contribution in [2.45, 2.75) is 38.8 Å². The van der Waals surface area contributed by atoms with E-state index in [0.717, 1.165) is 11.0 Å². The first kappa shape index (κ1) is 15.3. The van der Waals surface area contributed by atoms with Gasteiger partial charge in [-0.15, -0.1) is 0 Å². The molecule has 2 heterocycles. The van der Waals surface area contributed by atoms with E-state index >= 15 is 0 Å². The van der Waals surface area contributed by atoms with Gasteiger partial charge in [-0.25, -0.2) is 9.78 Å². The summed E-state index contributed by atoms with van der Waals surface area (Å²) in [4.78, 5) is 33.1. The Hall–Kier alpha value is -2.57. The van der Waals surface area contributed by atoms with Crippen molar-refractivity contribution < 1.29 is 9.59 Å². The average molecular weight is 315 g/mol. The molecule has 3 rings (SSSR count). The van der Waals surface area contributed by atoms with Gasteiger partial charge >= 0.3 is 6.03 Å². The van der Waals surface area contributed by atoms with Crippen LogP contribution in [0.3, 0.4) is 0 Å². The molecule has 0 radical (unpaired) electrons. The van der Waals surface area contributed by atoms with Crippen molar-refractivity contribution >= 4 is 28.7 Å². The van der Waals surface area contributed by atoms with Gasteiger partial charge in [0.25, 0.3) is 0 Å². The van der Waals surface area contributed by atoms with Crippen LogP contribution in [-0.4, -0.2) is 44.9 Å². The lowest BCUT2D eigenvalue weighted by atomic mass is 10.1. The van der Waals surface area contributed by atoms with E-state index < -0.39 is 0 Å². The summed E-state index contributed by atoms with van der Waals surface area (Å²) >= 11 is 0. The zero-order valence-corrected chi connectivity index (χ0v) is 13.5. The molecule has 1 saturated heterocycles. The molecular weight excluding hydrogens is 294 g/mol. The third kappa shape index (κ3) is 3.28. The number of imidazole rings is 1. The average Bonchev–Trinajstić information content (AvgIpc) is 3.03. The van der Waals surface area contributed by atoms with Crippen LogP contribution in [0, 0.1) is 0 Å². The first-order valence-electron chi connectivity index (χ1n) is 7.64. The molecule has 3 N–H and O–H groups in total. The van der Waals surface area contributed by atoms with E-state index in [-0.39, 0.29) is 23.5 Å². The van der Waals surface area contributed by atoms with Crippen LogP contribution in [0.4, 0.5) is 10.5 Å². The lowest BCUT2D eigenvalue weighted by Gasteiger charge is -2.32. The van der Waals surface area contributed by atoms with E-state index in [4.69, 9.17) is 0 Å². The van der Waals surface area contributed by atoms with Crippen LogP contribution in [0.15, 0.2) is 24.5 Å². The minimum atomic E-state index is -0.308. The molecule has 0 spiro atoms. The van der Waals surface area contributed by atoms with Gasteiger partial charge in [0.1, 0.15) is 0 Å². The van der Waals surface area contributed by atoms with Crippen molar-refractivity contribution in [3.63, 3.8) is 0 Å². The number of likely N-dealkylation sites (tertiary alicyclic amines) is 1. The molecule has 1 aromatic carbocycles. The predicted octanol–water partition coefficient (Wildman–Crippen LogP) is 2.08. The fourth-order valence-corrected chi connectivity index (χ4v) is 2.82. The quantitative estimate of drug-likeness (QED) is 0.792. The molecule has 0 saturated carbocycles. The number of hydrogen-bond donors (Lipinski definition) is 3. The minimum Gasteiger partial charge on any atom is -0.345 e. The first-order valence-corrected chi connectivity index (χ1v) is 7.64. The van der Waals surface area contributed by atoms with Crippen molar-refractivity contribution in [3.8, 4) is 0 Å². The molecule has 1 aromatic heterocycles. The fraction of sp³-hybridized carbons (Fsp3) is 0.438. The number of aromatic amines is 1. The van der Waals surface area contributed by atoms with Crippen molar-refractivity contribution in [1.82, 2.24) is 20.2 Å². The van der Waals surface area contributed by atoms with Gasteiger partial charge in [-0.05, 0) is 39.0 Å². The van der Waals surface area contributed by atoms with Crippen LogP contribution in [0.1, 0.15) is 27.2 Å². The monoisotopic (exact) mass is 315 g/mol. The Morgan fingerprint density at radius 3 is 2.87 bits per heavy atom. The van der Waals surface area contributed by atoms with Crippen molar-refractivity contribution in [1.29, 1.82) is 0 Å². The van der Waals surface area contributed by atoms with Crippen molar-refractivity contribution in [2.75, 3.05) is 11.9 Å². The number of carbonyl (C=O) groups is 2. The molecule has 3 amide bonds. The van der Waals surface area contributed by atoms with Gasteiger partial charge in [-0.1, -0.05) is 0 Å². The van der Waals surface area contributed by atoms with Gasteiger partial charge in [0, 0.05) is 24.2 Å². The second-order valence-electron chi connectivity index (χ2n) is 6.81. The molecule has 122 valence electrons. The summed E-state index contributed by atoms with van der Waals surface area (Å²) in [5, 5.41) is 5.65. The number of hydrogen-bond acceptors (Lipinski definition) is 3. The summed E-state index contributed by atoms with van der Waals surface area (Å²) in [6.45, 7) is 6.52. The van der Waals surface area contributed by atoms with E-state index in [1.54, 1.807) is 17.3 Å². The van der Waals surface area contributed by atoms with Gasteiger partial charge < -0.3 is 20.5 Å². The lowest BCUT2D eigenvalue weighted by molar-refractivity contribution is -0.131. The normalized spacial score (nSPS) is 18.5. The highest BCUT2D eigenvalue weighted by Gasteiger charge is 2.36. The van der Waals surface area contributed by atoms with Gasteiger partial charge in [0.05, 0.1) is 23.4 Å². The van der Waals surface area contributed by atoms with Crippen LogP contribution >= 0.6 is 0 Å². The van der Waals surface area contributed by atoms with E-state index in [1.807, 2.05) is 32.9 Å². The number of rotatable bonds is 2. The standard InChI is InChI=1S/C16H21N5O2/c1-16(2,3)21-8-11(7-14(21)22)20-15(23)19-10-4-5-12-13(6-10)18-9-17-12/h4-6,9,11H,7-8H2,1-3H3,(H,17,18)(H2,19,20,23). The lowest BCUT2D eigenvalue weighted by Crippen LogP contribution is -2.45. The summed E-state index contributed by atoms with van der Waals surface area (Å²) in [7, 11) is 0. The van der Waals surface area contributed by atoms with Crippen LogP contribution in [0.25, 0.3) is 11.0 Å². The Morgan fingerprint density at radius 1 is 1.39 bits per heavy atom. The van der Waals surface area contributed by atoms with Crippen LogP contribution in [0.2, 0.25) is 0 Å². The highest BCUT2D eigenvalue weighted by Crippen LogP contribution is 2.22. The molecule has 23 heavy (non-hydrogen) atoms. The van der Waals surface area contributed by atoms with E-state index in [0.29, 0.717) is 18.7 Å². The number of nitrogens with one attached hydrogen (secondary N) is 3. The summed E-state index contributed by atoms with van der Waals surface area (Å²) in [6.07, 6.45) is 1.95. The van der Waals surface area contributed by atoms with Crippen LogP contribution in [0.5, 0.6) is 0 Å². The number of urea groups is 1. The second kappa shape index (κ2) is 5.57. The Bertz CT molecular complexity index is 746. The number of H-pyrrole nitrogens is 1. The number of carbonyl (C=O) groups excluding carboxylic acids is 2. The molecule has 1 atom stereocenters. The maximum atomic E-state index is 12.1. The van der Waals surface area contributed by atoms with E-state index in [1.165, 1.54) is 0 Å². The highest BCUT2D eigenvalue weighted by atomic mass is 16.2. The zero-order chi connectivity index (χ0) is 16.6. The Kier molecular flexibility index (Phi) is 3.71. The summed E-state index contributed by atoms with van der Waals surface area (Å²) < 4.78 is 0. The maximum absolute atomic E-state index is 12.1. The molecular formula is C16H21N5O2. The van der Waals surface area contributed by atoms with Gasteiger partial charge in [-0.3, -0.25) is 4.79 Å². The van der Waals surface area contributed by atoms with Crippen LogP contribution < -0.4 is 10.6 Å². The summed E-state index contributed by atoms with van der Waals surface area (Å²) in [5.41, 5.74) is 2.16. The van der Waals surface area contributed by atoms with E-state index in [2.05, 4.69) is 20.6 Å². The minimum absolute atomic E-state index is 0.0710. The predicted molar refractivity (Wildman–Crippen MR) is 88.1 cm³/mol. The number of anilines is 1. The first-order chi connectivity index (χ1) is 10.8. The fourth-order valence-electron chi connectivity index (χ4n) is 2.82. The maximum Gasteiger partial charge on any atom is 0.319 e. The molecule has 1 fully saturated rings. The van der Waals surface area contributed by atoms with Crippen LogP contribution in [-0.2, 0) is 4.79 Å². The molecule has 0 aliphatic carbocycles. The molecule has 2 aromatic rings. The second-order valence-corrected chi connectivity index (χ2v) is 6.81. The highest BCUT2D eigenvalue weighted by molar-refractivity contribution is 5.92. The number of amides is 3. The smallest absolute Gasteiger partial charge is 0.319 e. The zero-order valence-electron chi connectivity index (χ0n) is 13.5. The number of benzene rings is 1. The summed E-state index contributed by atoms with van der Waals surface area (Å²) in [6, 6.07) is 4.98. The Morgan fingerprint density at radius 2 is 2.17 bits per heavy atom. The van der Waals surface area contributed by atoms with E-state index in [9.17, 15) is 9.59 Å². The third-order valence-corrected chi connectivity index (χ3v) is 3.95. The number of nitrogens with zero attached hydrogens (tertiary/aromatic N) is 2. The Labute approximate surface area is 134 Å². The van der Waals surface area contributed by atoms with Crippen molar-refractivity contribution in [3.05, 3.63) is 24.5 Å². The molecule has 1 unspecified atom stereocenters. The Balaban J connectivity index is 1.60. The topological polar surface area (TPSA) is 90.1 Å². The SMILES string of the molecule is CC(C)(C)N1CC(NC(=O)Nc2ccc3nc[nH]c3c2)CC1=O. The van der Waals surface area contributed by atoms with Gasteiger partial charge in [0.2, 0.25) is 5.91 Å². The number of fused-ring (bicyclic) bond motifs is 1. The molecule has 1 aliphatic rings. The summed E-state index contributed by atoms with van der Waals surface area (Å²) in [5.74, 6) is 0.0710. The van der Waals surface area contributed by atoms with Gasteiger partial charge in [0.15, 0.2) is 0 Å². The molecule has 0 bridgehead atoms.